The zero-order valence-electron chi connectivity index (χ0n) is 12.1. The molecule has 0 saturated carbocycles. The van der Waals surface area contributed by atoms with Crippen molar-refractivity contribution in [2.75, 3.05) is 0 Å². The van der Waals surface area contributed by atoms with Gasteiger partial charge >= 0.3 is 0 Å². The summed E-state index contributed by atoms with van der Waals surface area (Å²) in [5.74, 6) is 2.34. The SMILES string of the molecule is CC(C)C1C2=C(CC3(C)OC3C2)C(C)(C)C1C. The fraction of sp³-hybridized carbons (Fsp3) is 0.875. The third-order valence-corrected chi connectivity index (χ3v) is 5.93. The van der Waals surface area contributed by atoms with Crippen molar-refractivity contribution in [1.82, 2.24) is 0 Å². The smallest absolute Gasteiger partial charge is 0.0960 e. The fourth-order valence-corrected chi connectivity index (χ4v) is 4.48. The normalized spacial score (nSPS) is 47.1. The molecule has 0 N–H and O–H groups in total. The number of epoxide rings is 1. The van der Waals surface area contributed by atoms with Gasteiger partial charge in [0, 0.05) is 6.42 Å². The summed E-state index contributed by atoms with van der Waals surface area (Å²) >= 11 is 0. The van der Waals surface area contributed by atoms with E-state index >= 15 is 0 Å². The maximum atomic E-state index is 5.92. The predicted octanol–water partition coefficient (Wildman–Crippen LogP) is 4.18. The lowest BCUT2D eigenvalue weighted by molar-refractivity contribution is 0.203. The Morgan fingerprint density at radius 1 is 1.24 bits per heavy atom. The maximum Gasteiger partial charge on any atom is 0.0960 e. The van der Waals surface area contributed by atoms with Gasteiger partial charge in [0.1, 0.15) is 0 Å². The molecule has 0 aromatic heterocycles. The molecule has 1 nitrogen and oxygen atoms in total. The molecule has 1 fully saturated rings. The van der Waals surface area contributed by atoms with Gasteiger partial charge in [-0.2, -0.15) is 0 Å². The molecular formula is C16H26O. The van der Waals surface area contributed by atoms with Crippen LogP contribution in [-0.2, 0) is 4.74 Å². The van der Waals surface area contributed by atoms with Crippen molar-refractivity contribution in [3.05, 3.63) is 11.1 Å². The molecule has 0 amide bonds. The van der Waals surface area contributed by atoms with Crippen molar-refractivity contribution in [2.45, 2.75) is 66.1 Å². The third-order valence-electron chi connectivity index (χ3n) is 5.93. The second-order valence-electron chi connectivity index (χ2n) is 7.58. The van der Waals surface area contributed by atoms with Crippen molar-refractivity contribution in [3.8, 4) is 0 Å². The Balaban J connectivity index is 2.02. The van der Waals surface area contributed by atoms with Crippen LogP contribution in [0.15, 0.2) is 11.1 Å². The summed E-state index contributed by atoms with van der Waals surface area (Å²) in [4.78, 5) is 0. The van der Waals surface area contributed by atoms with E-state index in [-0.39, 0.29) is 5.60 Å². The van der Waals surface area contributed by atoms with E-state index < -0.39 is 0 Å². The van der Waals surface area contributed by atoms with E-state index in [1.165, 1.54) is 12.8 Å². The van der Waals surface area contributed by atoms with E-state index in [0.29, 0.717) is 11.5 Å². The van der Waals surface area contributed by atoms with Crippen molar-refractivity contribution < 1.29 is 4.74 Å². The minimum absolute atomic E-state index is 0.196. The van der Waals surface area contributed by atoms with E-state index in [4.69, 9.17) is 4.74 Å². The van der Waals surface area contributed by atoms with E-state index in [0.717, 1.165) is 17.8 Å². The highest BCUT2D eigenvalue weighted by Crippen LogP contribution is 2.62. The van der Waals surface area contributed by atoms with Crippen LogP contribution in [-0.4, -0.2) is 11.7 Å². The summed E-state index contributed by atoms with van der Waals surface area (Å²) in [7, 11) is 0. The van der Waals surface area contributed by atoms with Crippen LogP contribution in [0.3, 0.4) is 0 Å². The maximum absolute atomic E-state index is 5.92. The molecule has 1 heterocycles. The Kier molecular flexibility index (Phi) is 2.20. The number of ether oxygens (including phenoxy) is 1. The Morgan fingerprint density at radius 3 is 2.47 bits per heavy atom. The van der Waals surface area contributed by atoms with Gasteiger partial charge < -0.3 is 4.74 Å². The lowest BCUT2D eigenvalue weighted by Crippen LogP contribution is -2.26. The number of rotatable bonds is 1. The van der Waals surface area contributed by atoms with Gasteiger partial charge in [-0.25, -0.2) is 0 Å². The van der Waals surface area contributed by atoms with Gasteiger partial charge in [-0.05, 0) is 36.5 Å². The summed E-state index contributed by atoms with van der Waals surface area (Å²) in [6, 6.07) is 0. The number of hydrogen-bond donors (Lipinski definition) is 0. The van der Waals surface area contributed by atoms with Gasteiger partial charge in [0.05, 0.1) is 11.7 Å². The second kappa shape index (κ2) is 3.17. The quantitative estimate of drug-likeness (QED) is 0.490. The Labute approximate surface area is 106 Å². The van der Waals surface area contributed by atoms with Gasteiger partial charge in [0.15, 0.2) is 0 Å². The van der Waals surface area contributed by atoms with E-state index in [2.05, 4.69) is 41.5 Å². The highest BCUT2D eigenvalue weighted by atomic mass is 16.6. The summed E-state index contributed by atoms with van der Waals surface area (Å²) in [5.41, 5.74) is 4.07. The molecule has 17 heavy (non-hydrogen) atoms. The van der Waals surface area contributed by atoms with E-state index in [1.54, 1.807) is 11.1 Å². The Hall–Kier alpha value is -0.300. The van der Waals surface area contributed by atoms with Crippen LogP contribution in [0, 0.1) is 23.2 Å². The monoisotopic (exact) mass is 234 g/mol. The first kappa shape index (κ1) is 11.8. The Bertz CT molecular complexity index is 390. The van der Waals surface area contributed by atoms with Crippen molar-refractivity contribution in [2.24, 2.45) is 23.2 Å². The molecule has 4 atom stereocenters. The molecule has 0 aromatic rings. The van der Waals surface area contributed by atoms with Crippen LogP contribution in [0.5, 0.6) is 0 Å². The van der Waals surface area contributed by atoms with Crippen LogP contribution in [0.4, 0.5) is 0 Å². The molecule has 3 aliphatic rings. The van der Waals surface area contributed by atoms with Crippen LogP contribution in [0.25, 0.3) is 0 Å². The van der Waals surface area contributed by atoms with Crippen molar-refractivity contribution >= 4 is 0 Å². The number of fused-ring (bicyclic) bond motifs is 1. The molecule has 4 unspecified atom stereocenters. The molecular weight excluding hydrogens is 208 g/mol. The molecule has 0 spiro atoms. The number of hydrogen-bond acceptors (Lipinski definition) is 1. The minimum Gasteiger partial charge on any atom is -0.366 e. The van der Waals surface area contributed by atoms with Gasteiger partial charge in [0.2, 0.25) is 0 Å². The molecule has 0 radical (unpaired) electrons. The van der Waals surface area contributed by atoms with Gasteiger partial charge in [-0.3, -0.25) is 0 Å². The summed E-state index contributed by atoms with van der Waals surface area (Å²) in [5, 5.41) is 0. The average molecular weight is 234 g/mol. The van der Waals surface area contributed by atoms with Crippen LogP contribution >= 0.6 is 0 Å². The molecule has 0 aromatic carbocycles. The van der Waals surface area contributed by atoms with Crippen LogP contribution in [0.1, 0.15) is 54.4 Å². The summed E-state index contributed by atoms with van der Waals surface area (Å²) in [6.07, 6.45) is 2.93. The molecule has 3 rings (SSSR count). The molecule has 1 heteroatoms. The molecule has 2 aliphatic carbocycles. The third kappa shape index (κ3) is 1.41. The lowest BCUT2D eigenvalue weighted by atomic mass is 9.72. The first-order valence-electron chi connectivity index (χ1n) is 7.17. The minimum atomic E-state index is 0.196. The van der Waals surface area contributed by atoms with Crippen LogP contribution < -0.4 is 0 Å². The first-order chi connectivity index (χ1) is 7.77. The highest BCUT2D eigenvalue weighted by molar-refractivity contribution is 5.39. The topological polar surface area (TPSA) is 12.5 Å². The van der Waals surface area contributed by atoms with Crippen molar-refractivity contribution in [3.63, 3.8) is 0 Å². The van der Waals surface area contributed by atoms with E-state index in [1.807, 2.05) is 0 Å². The van der Waals surface area contributed by atoms with Gasteiger partial charge in [-0.15, -0.1) is 0 Å². The molecule has 0 bridgehead atoms. The van der Waals surface area contributed by atoms with Gasteiger partial charge in [0.25, 0.3) is 0 Å². The predicted molar refractivity (Wildman–Crippen MR) is 70.8 cm³/mol. The highest BCUT2D eigenvalue weighted by Gasteiger charge is 2.60. The van der Waals surface area contributed by atoms with Gasteiger partial charge in [-0.1, -0.05) is 45.8 Å². The first-order valence-corrected chi connectivity index (χ1v) is 7.17. The van der Waals surface area contributed by atoms with Crippen molar-refractivity contribution in [1.29, 1.82) is 0 Å². The zero-order valence-corrected chi connectivity index (χ0v) is 12.1. The fourth-order valence-electron chi connectivity index (χ4n) is 4.48. The van der Waals surface area contributed by atoms with Crippen LogP contribution in [0.2, 0.25) is 0 Å². The molecule has 1 aliphatic heterocycles. The standard InChI is InChI=1S/C16H26O/c1-9(2)14-10(3)15(4,5)12-8-16(6)13(17-16)7-11(12)14/h9-10,13-14H,7-8H2,1-6H3. The molecule has 1 saturated heterocycles. The summed E-state index contributed by atoms with van der Waals surface area (Å²) in [6.45, 7) is 14.4. The van der Waals surface area contributed by atoms with E-state index in [9.17, 15) is 0 Å². The molecule has 96 valence electrons. The average Bonchev–Trinajstić information content (AvgIpc) is 2.82. The summed E-state index contributed by atoms with van der Waals surface area (Å²) < 4.78 is 5.92. The lowest BCUT2D eigenvalue weighted by Gasteiger charge is -2.32. The largest absolute Gasteiger partial charge is 0.366 e. The Morgan fingerprint density at radius 2 is 1.88 bits per heavy atom. The second-order valence-corrected chi connectivity index (χ2v) is 7.58. The zero-order chi connectivity index (χ0) is 12.6.